The number of fused-ring (bicyclic) bond motifs is 1. The molecular formula is C18H20N2O. The normalized spacial score (nSPS) is 19.2. The maximum absolute atomic E-state index is 12.2. The molecule has 1 aliphatic rings. The third-order valence-electron chi connectivity index (χ3n) is 4.18. The number of nitrogens with zero attached hydrogens (tertiary/aromatic N) is 1. The Morgan fingerprint density at radius 1 is 1.10 bits per heavy atom. The van der Waals surface area contributed by atoms with Crippen molar-refractivity contribution in [3.05, 3.63) is 65.7 Å². The topological polar surface area (TPSA) is 32.3 Å². The molecule has 0 aliphatic carbocycles. The number of anilines is 1. The van der Waals surface area contributed by atoms with Gasteiger partial charge in [-0.15, -0.1) is 0 Å². The maximum Gasteiger partial charge on any atom is 0.228 e. The number of para-hydroxylation sites is 1. The Labute approximate surface area is 125 Å². The lowest BCUT2D eigenvalue weighted by atomic mass is 9.94. The average molecular weight is 280 g/mol. The Morgan fingerprint density at radius 3 is 2.52 bits per heavy atom. The van der Waals surface area contributed by atoms with Crippen LogP contribution < -0.4 is 10.2 Å². The second kappa shape index (κ2) is 5.70. The van der Waals surface area contributed by atoms with Gasteiger partial charge in [-0.3, -0.25) is 4.79 Å². The van der Waals surface area contributed by atoms with Gasteiger partial charge in [-0.1, -0.05) is 48.5 Å². The van der Waals surface area contributed by atoms with Crippen LogP contribution in [0.2, 0.25) is 0 Å². The van der Waals surface area contributed by atoms with E-state index in [1.807, 2.05) is 43.4 Å². The third kappa shape index (κ3) is 2.69. The minimum absolute atomic E-state index is 0.0695. The zero-order chi connectivity index (χ0) is 14.8. The van der Waals surface area contributed by atoms with Gasteiger partial charge in [0, 0.05) is 31.2 Å². The number of amides is 1. The van der Waals surface area contributed by atoms with Crippen molar-refractivity contribution in [2.24, 2.45) is 0 Å². The summed E-state index contributed by atoms with van der Waals surface area (Å²) in [7, 11) is 1.85. The second-order valence-corrected chi connectivity index (χ2v) is 5.57. The highest BCUT2D eigenvalue weighted by atomic mass is 16.2. The Balaban J connectivity index is 1.86. The van der Waals surface area contributed by atoms with Crippen LogP contribution in [0, 0.1) is 0 Å². The molecule has 21 heavy (non-hydrogen) atoms. The van der Waals surface area contributed by atoms with Crippen molar-refractivity contribution in [1.82, 2.24) is 5.32 Å². The van der Waals surface area contributed by atoms with Crippen molar-refractivity contribution in [2.75, 3.05) is 11.9 Å². The summed E-state index contributed by atoms with van der Waals surface area (Å²) in [6.07, 6.45) is 0.505. The van der Waals surface area contributed by atoms with Crippen LogP contribution >= 0.6 is 0 Å². The van der Waals surface area contributed by atoms with Crippen molar-refractivity contribution < 1.29 is 4.79 Å². The van der Waals surface area contributed by atoms with Gasteiger partial charge >= 0.3 is 0 Å². The minimum Gasteiger partial charge on any atom is -0.315 e. The molecule has 2 atom stereocenters. The van der Waals surface area contributed by atoms with Crippen LogP contribution in [0.5, 0.6) is 0 Å². The lowest BCUT2D eigenvalue weighted by molar-refractivity contribution is -0.119. The standard InChI is InChI=1S/C18H20N2O/c1-13(14-8-4-3-5-9-14)19-16-12-18(21)20(2)17-11-7-6-10-15(16)17/h3-11,13,16,19H,12H2,1-2H3/t13-,16?/m0/s1. The van der Waals surface area contributed by atoms with Gasteiger partial charge in [0.2, 0.25) is 5.91 Å². The number of benzene rings is 2. The first kappa shape index (κ1) is 13.8. The summed E-state index contributed by atoms with van der Waals surface area (Å²) in [4.78, 5) is 13.9. The highest BCUT2D eigenvalue weighted by Gasteiger charge is 2.29. The summed E-state index contributed by atoms with van der Waals surface area (Å²) in [6, 6.07) is 18.7. The van der Waals surface area contributed by atoms with Crippen molar-refractivity contribution in [1.29, 1.82) is 0 Å². The maximum atomic E-state index is 12.2. The van der Waals surface area contributed by atoms with E-state index in [2.05, 4.69) is 30.4 Å². The number of carbonyl (C=O) groups excluding carboxylic acids is 1. The summed E-state index contributed by atoms with van der Waals surface area (Å²) in [5.74, 6) is 0.159. The molecule has 0 bridgehead atoms. The van der Waals surface area contributed by atoms with Gasteiger partial charge in [0.15, 0.2) is 0 Å². The molecule has 0 aromatic heterocycles. The molecule has 1 N–H and O–H groups in total. The predicted molar refractivity (Wildman–Crippen MR) is 85.2 cm³/mol. The highest BCUT2D eigenvalue weighted by Crippen LogP contribution is 2.34. The number of nitrogens with one attached hydrogen (secondary N) is 1. The molecule has 0 radical (unpaired) electrons. The second-order valence-electron chi connectivity index (χ2n) is 5.57. The molecule has 108 valence electrons. The molecule has 1 heterocycles. The molecule has 0 spiro atoms. The van der Waals surface area contributed by atoms with E-state index in [-0.39, 0.29) is 18.0 Å². The van der Waals surface area contributed by atoms with Crippen molar-refractivity contribution in [3.8, 4) is 0 Å². The highest BCUT2D eigenvalue weighted by molar-refractivity contribution is 5.96. The summed E-state index contributed by atoms with van der Waals surface area (Å²) in [5, 5.41) is 3.59. The molecular weight excluding hydrogens is 260 g/mol. The Morgan fingerprint density at radius 2 is 1.76 bits per heavy atom. The van der Waals surface area contributed by atoms with Crippen LogP contribution in [0.4, 0.5) is 5.69 Å². The Hall–Kier alpha value is -2.13. The van der Waals surface area contributed by atoms with E-state index in [1.54, 1.807) is 4.90 Å². The molecule has 2 aromatic rings. The van der Waals surface area contributed by atoms with E-state index in [0.29, 0.717) is 6.42 Å². The largest absolute Gasteiger partial charge is 0.315 e. The number of hydrogen-bond donors (Lipinski definition) is 1. The van der Waals surface area contributed by atoms with Gasteiger partial charge in [0.1, 0.15) is 0 Å². The summed E-state index contributed by atoms with van der Waals surface area (Å²) in [6.45, 7) is 2.14. The smallest absolute Gasteiger partial charge is 0.228 e. The van der Waals surface area contributed by atoms with Crippen molar-refractivity contribution in [3.63, 3.8) is 0 Å². The van der Waals surface area contributed by atoms with Crippen LogP contribution in [0.1, 0.15) is 36.6 Å². The van der Waals surface area contributed by atoms with Gasteiger partial charge in [-0.05, 0) is 24.1 Å². The minimum atomic E-state index is 0.0695. The van der Waals surface area contributed by atoms with Crippen LogP contribution in [-0.4, -0.2) is 13.0 Å². The van der Waals surface area contributed by atoms with Crippen LogP contribution in [0.3, 0.4) is 0 Å². The summed E-state index contributed by atoms with van der Waals surface area (Å²) >= 11 is 0. The Kier molecular flexibility index (Phi) is 3.76. The van der Waals surface area contributed by atoms with E-state index in [1.165, 1.54) is 11.1 Å². The van der Waals surface area contributed by atoms with Crippen molar-refractivity contribution in [2.45, 2.75) is 25.4 Å². The lowest BCUT2D eigenvalue weighted by Gasteiger charge is -2.33. The molecule has 1 unspecified atom stereocenters. The first-order valence-corrected chi connectivity index (χ1v) is 7.33. The fourth-order valence-corrected chi connectivity index (χ4v) is 2.93. The molecule has 3 nitrogen and oxygen atoms in total. The SMILES string of the molecule is C[C@H](NC1CC(=O)N(C)c2ccccc21)c1ccccc1. The van der Waals surface area contributed by atoms with Gasteiger partial charge in [-0.25, -0.2) is 0 Å². The molecule has 1 aliphatic heterocycles. The summed E-state index contributed by atoms with van der Waals surface area (Å²) in [5.41, 5.74) is 3.44. The van der Waals surface area contributed by atoms with Gasteiger partial charge in [0.05, 0.1) is 0 Å². The summed E-state index contributed by atoms with van der Waals surface area (Å²) < 4.78 is 0. The molecule has 2 aromatic carbocycles. The first-order chi connectivity index (χ1) is 10.2. The van der Waals surface area contributed by atoms with E-state index >= 15 is 0 Å². The van der Waals surface area contributed by atoms with E-state index in [0.717, 1.165) is 5.69 Å². The predicted octanol–water partition coefficient (Wildman–Crippen LogP) is 3.45. The van der Waals surface area contributed by atoms with Crippen molar-refractivity contribution >= 4 is 11.6 Å². The van der Waals surface area contributed by atoms with Crippen LogP contribution in [0.25, 0.3) is 0 Å². The van der Waals surface area contributed by atoms with E-state index in [4.69, 9.17) is 0 Å². The zero-order valence-electron chi connectivity index (χ0n) is 12.4. The van der Waals surface area contributed by atoms with E-state index in [9.17, 15) is 4.79 Å². The van der Waals surface area contributed by atoms with Crippen LogP contribution in [-0.2, 0) is 4.79 Å². The van der Waals surface area contributed by atoms with Gasteiger partial charge < -0.3 is 10.2 Å². The third-order valence-corrected chi connectivity index (χ3v) is 4.18. The fraction of sp³-hybridized carbons (Fsp3) is 0.278. The average Bonchev–Trinajstić information content (AvgIpc) is 2.53. The Bertz CT molecular complexity index is 639. The molecule has 3 rings (SSSR count). The van der Waals surface area contributed by atoms with E-state index < -0.39 is 0 Å². The number of hydrogen-bond acceptors (Lipinski definition) is 2. The quantitative estimate of drug-likeness (QED) is 0.934. The first-order valence-electron chi connectivity index (χ1n) is 7.33. The lowest BCUT2D eigenvalue weighted by Crippen LogP contribution is -2.38. The number of carbonyl (C=O) groups is 1. The van der Waals surface area contributed by atoms with Gasteiger partial charge in [0.25, 0.3) is 0 Å². The number of rotatable bonds is 3. The molecule has 3 heteroatoms. The monoisotopic (exact) mass is 280 g/mol. The molecule has 1 amide bonds. The molecule has 0 saturated heterocycles. The fourth-order valence-electron chi connectivity index (χ4n) is 2.93. The van der Waals surface area contributed by atoms with Gasteiger partial charge in [-0.2, -0.15) is 0 Å². The molecule has 0 fully saturated rings. The zero-order valence-corrected chi connectivity index (χ0v) is 12.4. The molecule has 0 saturated carbocycles. The van der Waals surface area contributed by atoms with Crippen LogP contribution in [0.15, 0.2) is 54.6 Å².